The molecule has 6 nitrogen and oxygen atoms in total. The summed E-state index contributed by atoms with van der Waals surface area (Å²) in [6.07, 6.45) is -0.571. The van der Waals surface area contributed by atoms with E-state index in [-0.39, 0.29) is 12.9 Å². The Morgan fingerprint density at radius 1 is 1.29 bits per heavy atom. The molecule has 1 amide bonds. The van der Waals surface area contributed by atoms with Crippen LogP contribution in [0.5, 0.6) is 11.5 Å². The quantitative estimate of drug-likeness (QED) is 0.852. The second-order valence-electron chi connectivity index (χ2n) is 5.36. The molecule has 0 fully saturated rings. The summed E-state index contributed by atoms with van der Waals surface area (Å²) < 4.78 is 21.5. The van der Waals surface area contributed by atoms with E-state index >= 15 is 0 Å². The van der Waals surface area contributed by atoms with Gasteiger partial charge < -0.3 is 24.7 Å². The fourth-order valence-corrected chi connectivity index (χ4v) is 2.74. The monoisotopic (exact) mass is 329 g/mol. The fraction of sp³-hybridized carbons (Fsp3) is 0.278. The molecule has 0 radical (unpaired) electrons. The lowest BCUT2D eigenvalue weighted by molar-refractivity contribution is 0.0515. The number of nitrogens with two attached hydrogens (primary N) is 1. The Bertz CT molecular complexity index is 731. The second kappa shape index (κ2) is 7.23. The van der Waals surface area contributed by atoms with Gasteiger partial charge in [0.25, 0.3) is 0 Å². The zero-order chi connectivity index (χ0) is 16.9. The normalized spacial score (nSPS) is 16.0. The highest BCUT2D eigenvalue weighted by Crippen LogP contribution is 2.39. The molecule has 0 aliphatic carbocycles. The van der Waals surface area contributed by atoms with Crippen molar-refractivity contribution in [1.29, 1.82) is 0 Å². The number of primary amides is 1. The third kappa shape index (κ3) is 3.44. The number of hydrogen-bond acceptors (Lipinski definition) is 5. The van der Waals surface area contributed by atoms with Crippen LogP contribution in [0.25, 0.3) is 11.1 Å². The third-order valence-electron chi connectivity index (χ3n) is 3.79. The fourth-order valence-electron chi connectivity index (χ4n) is 2.74. The number of rotatable bonds is 5. The smallest absolute Gasteiger partial charge is 0.405 e. The van der Waals surface area contributed by atoms with Gasteiger partial charge in [-0.05, 0) is 17.7 Å². The largest absolute Gasteiger partial charge is 0.493 e. The molecule has 1 unspecified atom stereocenters. The maximum atomic E-state index is 11.0. The minimum absolute atomic E-state index is 0.174. The maximum absolute atomic E-state index is 11.0. The summed E-state index contributed by atoms with van der Waals surface area (Å²) in [5.41, 5.74) is 7.83. The van der Waals surface area contributed by atoms with Crippen molar-refractivity contribution < 1.29 is 23.7 Å². The van der Waals surface area contributed by atoms with Crippen LogP contribution in [0.1, 0.15) is 18.1 Å². The van der Waals surface area contributed by atoms with Crippen molar-refractivity contribution in [3.63, 3.8) is 0 Å². The van der Waals surface area contributed by atoms with Gasteiger partial charge in [-0.15, -0.1) is 0 Å². The van der Waals surface area contributed by atoms with Gasteiger partial charge in [0.15, 0.2) is 6.79 Å². The number of ether oxygens (including phenoxy) is 4. The summed E-state index contributed by atoms with van der Waals surface area (Å²) in [6.45, 7) is 0.642. The van der Waals surface area contributed by atoms with Gasteiger partial charge in [-0.25, -0.2) is 4.79 Å². The molecule has 2 N–H and O–H groups in total. The molecule has 6 heteroatoms. The lowest BCUT2D eigenvalue weighted by Gasteiger charge is -2.25. The topological polar surface area (TPSA) is 80.0 Å². The van der Waals surface area contributed by atoms with E-state index in [2.05, 4.69) is 0 Å². The number of benzene rings is 2. The number of methoxy groups -OCH3 is 1. The SMILES string of the molecule is COCOc1ccccc1-c1ccc2c(c1)OCCC2OC(N)=O. The molecule has 2 aromatic rings. The Hall–Kier alpha value is -2.73. The lowest BCUT2D eigenvalue weighted by atomic mass is 9.97. The number of carbonyl (C=O) groups is 1. The first-order valence-corrected chi connectivity index (χ1v) is 7.63. The Morgan fingerprint density at radius 2 is 2.12 bits per heavy atom. The highest BCUT2D eigenvalue weighted by atomic mass is 16.7. The Balaban J connectivity index is 1.93. The van der Waals surface area contributed by atoms with Gasteiger partial charge in [-0.2, -0.15) is 0 Å². The predicted molar refractivity (Wildman–Crippen MR) is 87.9 cm³/mol. The molecule has 0 saturated carbocycles. The molecule has 1 atom stereocenters. The Labute approximate surface area is 140 Å². The van der Waals surface area contributed by atoms with Crippen LogP contribution in [0.15, 0.2) is 42.5 Å². The van der Waals surface area contributed by atoms with Crippen LogP contribution in [-0.4, -0.2) is 26.6 Å². The molecule has 1 heterocycles. The molecular formula is C18H19NO5. The average Bonchev–Trinajstić information content (AvgIpc) is 2.59. The van der Waals surface area contributed by atoms with Crippen LogP contribution in [-0.2, 0) is 9.47 Å². The summed E-state index contributed by atoms with van der Waals surface area (Å²) in [5.74, 6) is 1.41. The molecule has 3 rings (SSSR count). The van der Waals surface area contributed by atoms with Gasteiger partial charge in [-0.1, -0.05) is 30.3 Å². The highest BCUT2D eigenvalue weighted by molar-refractivity contribution is 5.72. The molecule has 0 saturated heterocycles. The molecular weight excluding hydrogens is 310 g/mol. The number of carbonyl (C=O) groups excluding carboxylic acids is 1. The van der Waals surface area contributed by atoms with E-state index in [4.69, 9.17) is 24.7 Å². The molecule has 2 aromatic carbocycles. The van der Waals surface area contributed by atoms with E-state index in [1.54, 1.807) is 7.11 Å². The number of para-hydroxylation sites is 1. The summed E-state index contributed by atoms with van der Waals surface area (Å²) in [5, 5.41) is 0. The second-order valence-corrected chi connectivity index (χ2v) is 5.36. The third-order valence-corrected chi connectivity index (χ3v) is 3.79. The van der Waals surface area contributed by atoms with Crippen molar-refractivity contribution in [3.05, 3.63) is 48.0 Å². The zero-order valence-corrected chi connectivity index (χ0v) is 13.4. The van der Waals surface area contributed by atoms with Gasteiger partial charge >= 0.3 is 6.09 Å². The first-order valence-electron chi connectivity index (χ1n) is 7.63. The standard InChI is InChI=1S/C18H19NO5/c1-21-11-23-15-5-3-2-4-13(15)12-6-7-14-16(24-18(19)20)8-9-22-17(14)10-12/h2-7,10,16H,8-9,11H2,1H3,(H2,19,20). The summed E-state index contributed by atoms with van der Waals surface area (Å²) in [7, 11) is 1.58. The van der Waals surface area contributed by atoms with Gasteiger partial charge in [0.2, 0.25) is 0 Å². The molecule has 0 aromatic heterocycles. The van der Waals surface area contributed by atoms with Gasteiger partial charge in [0, 0.05) is 24.7 Å². The van der Waals surface area contributed by atoms with E-state index < -0.39 is 6.09 Å². The van der Waals surface area contributed by atoms with Crippen LogP contribution in [0.3, 0.4) is 0 Å². The summed E-state index contributed by atoms with van der Waals surface area (Å²) in [4.78, 5) is 11.0. The van der Waals surface area contributed by atoms with E-state index in [1.165, 1.54) is 0 Å². The van der Waals surface area contributed by atoms with E-state index in [9.17, 15) is 4.79 Å². The minimum atomic E-state index is -0.782. The van der Waals surface area contributed by atoms with Crippen molar-refractivity contribution in [2.45, 2.75) is 12.5 Å². The predicted octanol–water partition coefficient (Wildman–Crippen LogP) is 3.26. The van der Waals surface area contributed by atoms with Gasteiger partial charge in [0.05, 0.1) is 6.61 Å². The lowest BCUT2D eigenvalue weighted by Crippen LogP contribution is -2.22. The van der Waals surface area contributed by atoms with Crippen molar-refractivity contribution >= 4 is 6.09 Å². The number of amides is 1. The molecule has 126 valence electrons. The highest BCUT2D eigenvalue weighted by Gasteiger charge is 2.24. The molecule has 1 aliphatic heterocycles. The van der Waals surface area contributed by atoms with Crippen molar-refractivity contribution in [3.8, 4) is 22.6 Å². The Morgan fingerprint density at radius 3 is 2.92 bits per heavy atom. The van der Waals surface area contributed by atoms with Crippen LogP contribution in [0.2, 0.25) is 0 Å². The molecule has 24 heavy (non-hydrogen) atoms. The van der Waals surface area contributed by atoms with Crippen molar-refractivity contribution in [2.75, 3.05) is 20.5 Å². The zero-order valence-electron chi connectivity index (χ0n) is 13.4. The number of hydrogen-bond donors (Lipinski definition) is 1. The van der Waals surface area contributed by atoms with E-state index in [1.807, 2.05) is 42.5 Å². The van der Waals surface area contributed by atoms with Crippen molar-refractivity contribution in [2.24, 2.45) is 5.73 Å². The summed E-state index contributed by atoms with van der Waals surface area (Å²) in [6, 6.07) is 13.4. The number of fused-ring (bicyclic) bond motifs is 1. The van der Waals surface area contributed by atoms with Crippen LogP contribution in [0, 0.1) is 0 Å². The first-order chi connectivity index (χ1) is 11.7. The summed E-state index contributed by atoms with van der Waals surface area (Å²) >= 11 is 0. The molecule has 1 aliphatic rings. The Kier molecular flexibility index (Phi) is 4.86. The van der Waals surface area contributed by atoms with Crippen LogP contribution in [0.4, 0.5) is 4.79 Å². The minimum Gasteiger partial charge on any atom is -0.493 e. The molecule has 0 bridgehead atoms. The van der Waals surface area contributed by atoms with E-state index in [0.717, 1.165) is 22.4 Å². The van der Waals surface area contributed by atoms with Gasteiger partial charge in [-0.3, -0.25) is 0 Å². The first kappa shape index (κ1) is 16.1. The van der Waals surface area contributed by atoms with Gasteiger partial charge in [0.1, 0.15) is 17.6 Å². The average molecular weight is 329 g/mol. The maximum Gasteiger partial charge on any atom is 0.405 e. The van der Waals surface area contributed by atoms with Crippen LogP contribution < -0.4 is 15.2 Å². The van der Waals surface area contributed by atoms with Crippen LogP contribution >= 0.6 is 0 Å². The van der Waals surface area contributed by atoms with E-state index in [0.29, 0.717) is 18.8 Å². The van der Waals surface area contributed by atoms with Crippen molar-refractivity contribution in [1.82, 2.24) is 0 Å². The molecule has 0 spiro atoms.